The Kier molecular flexibility index (Phi) is 5.67. The summed E-state index contributed by atoms with van der Waals surface area (Å²) in [5.41, 5.74) is 1.30. The SMILES string of the molecule is CCCNCC(Cc1nnn(C)n1)c1ccc(Br)cc1. The Labute approximate surface area is 127 Å². The molecule has 1 atom stereocenters. The van der Waals surface area contributed by atoms with Crippen molar-refractivity contribution in [3.63, 3.8) is 0 Å². The molecule has 0 aliphatic carbocycles. The van der Waals surface area contributed by atoms with E-state index >= 15 is 0 Å². The van der Waals surface area contributed by atoms with Crippen LogP contribution in [0.4, 0.5) is 0 Å². The van der Waals surface area contributed by atoms with Crippen LogP contribution in [0.2, 0.25) is 0 Å². The van der Waals surface area contributed by atoms with Crippen LogP contribution in [0.5, 0.6) is 0 Å². The maximum absolute atomic E-state index is 4.28. The molecule has 0 saturated carbocycles. The van der Waals surface area contributed by atoms with E-state index in [1.165, 1.54) is 10.4 Å². The highest BCUT2D eigenvalue weighted by Gasteiger charge is 2.15. The molecule has 1 unspecified atom stereocenters. The minimum Gasteiger partial charge on any atom is -0.316 e. The van der Waals surface area contributed by atoms with Crippen molar-refractivity contribution >= 4 is 15.9 Å². The maximum atomic E-state index is 4.28. The lowest BCUT2D eigenvalue weighted by atomic mass is 9.95. The lowest BCUT2D eigenvalue weighted by Gasteiger charge is -2.16. The Morgan fingerprint density at radius 3 is 2.65 bits per heavy atom. The second-order valence-corrected chi connectivity index (χ2v) is 5.77. The molecule has 0 bridgehead atoms. The van der Waals surface area contributed by atoms with Gasteiger partial charge in [-0.2, -0.15) is 4.80 Å². The average molecular weight is 338 g/mol. The molecule has 6 heteroatoms. The van der Waals surface area contributed by atoms with Gasteiger partial charge >= 0.3 is 0 Å². The van der Waals surface area contributed by atoms with Gasteiger partial charge in [-0.25, -0.2) is 0 Å². The van der Waals surface area contributed by atoms with Crippen molar-refractivity contribution in [2.75, 3.05) is 13.1 Å². The molecule has 0 saturated heterocycles. The number of halogens is 1. The quantitative estimate of drug-likeness (QED) is 0.787. The fraction of sp³-hybridized carbons (Fsp3) is 0.500. The summed E-state index contributed by atoms with van der Waals surface area (Å²) in [6.07, 6.45) is 1.93. The predicted octanol–water partition coefficient (Wildman–Crippen LogP) is 2.30. The summed E-state index contributed by atoms with van der Waals surface area (Å²) < 4.78 is 1.10. The van der Waals surface area contributed by atoms with Crippen molar-refractivity contribution in [2.45, 2.75) is 25.7 Å². The van der Waals surface area contributed by atoms with Gasteiger partial charge in [0.2, 0.25) is 0 Å². The van der Waals surface area contributed by atoms with Gasteiger partial charge in [0, 0.05) is 23.4 Å². The maximum Gasteiger partial charge on any atom is 0.175 e. The summed E-state index contributed by atoms with van der Waals surface area (Å²) >= 11 is 3.47. The van der Waals surface area contributed by atoms with Crippen LogP contribution >= 0.6 is 15.9 Å². The van der Waals surface area contributed by atoms with Gasteiger partial charge in [0.05, 0.1) is 7.05 Å². The van der Waals surface area contributed by atoms with Crippen LogP contribution in [0, 0.1) is 0 Å². The third kappa shape index (κ3) is 4.38. The van der Waals surface area contributed by atoms with Crippen molar-refractivity contribution in [1.82, 2.24) is 25.5 Å². The molecule has 108 valence electrons. The molecule has 20 heavy (non-hydrogen) atoms. The number of rotatable bonds is 7. The Morgan fingerprint density at radius 1 is 1.30 bits per heavy atom. The highest BCUT2D eigenvalue weighted by atomic mass is 79.9. The number of aryl methyl sites for hydroxylation is 1. The van der Waals surface area contributed by atoms with Crippen molar-refractivity contribution in [3.8, 4) is 0 Å². The predicted molar refractivity (Wildman–Crippen MR) is 82.5 cm³/mol. The molecule has 0 amide bonds. The van der Waals surface area contributed by atoms with E-state index in [9.17, 15) is 0 Å². The van der Waals surface area contributed by atoms with Crippen LogP contribution in [-0.4, -0.2) is 33.3 Å². The van der Waals surface area contributed by atoms with Crippen molar-refractivity contribution in [2.24, 2.45) is 7.05 Å². The third-order valence-corrected chi connectivity index (χ3v) is 3.67. The number of nitrogens with one attached hydrogen (secondary N) is 1. The van der Waals surface area contributed by atoms with Gasteiger partial charge in [-0.05, 0) is 35.9 Å². The van der Waals surface area contributed by atoms with E-state index in [2.05, 4.69) is 67.8 Å². The lowest BCUT2D eigenvalue weighted by molar-refractivity contribution is 0.563. The second kappa shape index (κ2) is 7.50. The van der Waals surface area contributed by atoms with E-state index in [4.69, 9.17) is 0 Å². The molecule has 1 aromatic heterocycles. The number of hydrogen-bond donors (Lipinski definition) is 1. The first kappa shape index (κ1) is 15.1. The third-order valence-electron chi connectivity index (χ3n) is 3.14. The molecule has 0 aliphatic rings. The zero-order valence-corrected chi connectivity index (χ0v) is 13.5. The molecular weight excluding hydrogens is 318 g/mol. The van der Waals surface area contributed by atoms with Crippen molar-refractivity contribution < 1.29 is 0 Å². The molecule has 1 aromatic carbocycles. The minimum absolute atomic E-state index is 0.360. The zero-order chi connectivity index (χ0) is 14.4. The smallest absolute Gasteiger partial charge is 0.175 e. The Bertz CT molecular complexity index is 523. The zero-order valence-electron chi connectivity index (χ0n) is 11.9. The summed E-state index contributed by atoms with van der Waals surface area (Å²) in [5.74, 6) is 1.15. The van der Waals surface area contributed by atoms with Crippen LogP contribution in [-0.2, 0) is 13.5 Å². The minimum atomic E-state index is 0.360. The summed E-state index contributed by atoms with van der Waals surface area (Å²) in [4.78, 5) is 1.51. The number of benzene rings is 1. The van der Waals surface area contributed by atoms with Crippen LogP contribution in [0.25, 0.3) is 0 Å². The van der Waals surface area contributed by atoms with Crippen LogP contribution in [0.3, 0.4) is 0 Å². The fourth-order valence-corrected chi connectivity index (χ4v) is 2.39. The van der Waals surface area contributed by atoms with Gasteiger partial charge in [0.15, 0.2) is 5.82 Å². The van der Waals surface area contributed by atoms with Crippen LogP contribution in [0.15, 0.2) is 28.7 Å². The summed E-state index contributed by atoms with van der Waals surface area (Å²) in [5, 5.41) is 15.8. The van der Waals surface area contributed by atoms with Crippen LogP contribution in [0.1, 0.15) is 30.7 Å². The first-order valence-electron chi connectivity index (χ1n) is 6.88. The molecule has 1 N–H and O–H groups in total. The number of aromatic nitrogens is 4. The average Bonchev–Trinajstić information content (AvgIpc) is 2.84. The number of tetrazole rings is 1. The summed E-state index contributed by atoms with van der Waals surface area (Å²) in [6, 6.07) is 8.45. The van der Waals surface area contributed by atoms with E-state index in [0.717, 1.165) is 36.2 Å². The molecule has 2 rings (SSSR count). The largest absolute Gasteiger partial charge is 0.316 e. The molecule has 2 aromatic rings. The summed E-state index contributed by atoms with van der Waals surface area (Å²) in [6.45, 7) is 4.13. The van der Waals surface area contributed by atoms with Crippen molar-refractivity contribution in [1.29, 1.82) is 0 Å². The first-order valence-corrected chi connectivity index (χ1v) is 7.67. The molecule has 0 aliphatic heterocycles. The fourth-order valence-electron chi connectivity index (χ4n) is 2.12. The Morgan fingerprint density at radius 2 is 2.05 bits per heavy atom. The van der Waals surface area contributed by atoms with Gasteiger partial charge in [0.25, 0.3) is 0 Å². The van der Waals surface area contributed by atoms with Gasteiger partial charge < -0.3 is 5.32 Å². The van der Waals surface area contributed by atoms with E-state index in [0.29, 0.717) is 5.92 Å². The Hall–Kier alpha value is -1.27. The molecule has 0 spiro atoms. The lowest BCUT2D eigenvalue weighted by Crippen LogP contribution is -2.24. The van der Waals surface area contributed by atoms with Gasteiger partial charge in [-0.3, -0.25) is 0 Å². The normalized spacial score (nSPS) is 12.6. The highest BCUT2D eigenvalue weighted by Crippen LogP contribution is 2.21. The van der Waals surface area contributed by atoms with Gasteiger partial charge in [-0.1, -0.05) is 35.0 Å². The molecule has 0 radical (unpaired) electrons. The van der Waals surface area contributed by atoms with Gasteiger partial charge in [-0.15, -0.1) is 10.2 Å². The van der Waals surface area contributed by atoms with E-state index in [1.54, 1.807) is 7.05 Å². The van der Waals surface area contributed by atoms with Gasteiger partial charge in [0.1, 0.15) is 0 Å². The molecule has 0 fully saturated rings. The Balaban J connectivity index is 2.09. The molecule has 5 nitrogen and oxygen atoms in total. The number of hydrogen-bond acceptors (Lipinski definition) is 4. The van der Waals surface area contributed by atoms with Crippen LogP contribution < -0.4 is 5.32 Å². The molecular formula is C14H20BrN5. The standard InChI is InChI=1S/C14H20BrN5/c1-3-8-16-10-12(9-14-17-19-20(2)18-14)11-4-6-13(15)7-5-11/h4-7,12,16H,3,8-10H2,1-2H3. The molecule has 1 heterocycles. The highest BCUT2D eigenvalue weighted by molar-refractivity contribution is 9.10. The van der Waals surface area contributed by atoms with E-state index in [1.807, 2.05) is 0 Å². The van der Waals surface area contributed by atoms with E-state index < -0.39 is 0 Å². The summed E-state index contributed by atoms with van der Waals surface area (Å²) in [7, 11) is 1.79. The second-order valence-electron chi connectivity index (χ2n) is 4.85. The number of nitrogens with zero attached hydrogens (tertiary/aromatic N) is 4. The topological polar surface area (TPSA) is 55.6 Å². The monoisotopic (exact) mass is 337 g/mol. The van der Waals surface area contributed by atoms with Crippen molar-refractivity contribution in [3.05, 3.63) is 40.1 Å². The van der Waals surface area contributed by atoms with E-state index in [-0.39, 0.29) is 0 Å². The first-order chi connectivity index (χ1) is 9.69.